The Hall–Kier alpha value is -2.93. The van der Waals surface area contributed by atoms with E-state index in [9.17, 15) is 8.42 Å². The third kappa shape index (κ3) is 5.77. The highest BCUT2D eigenvalue weighted by molar-refractivity contribution is 7.89. The molecule has 0 aliphatic rings. The fraction of sp³-hybridized carbons (Fsp3) is 0.0455. The summed E-state index contributed by atoms with van der Waals surface area (Å²) in [4.78, 5) is 0.156. The van der Waals surface area contributed by atoms with E-state index in [-0.39, 0.29) is 4.90 Å². The molecule has 0 amide bonds. The standard InChI is InChI=1S/C15H11ClN2.C7H9NO2S/c16-13-8-6-12(7-9-13)15-10-14(17-18-15)11-4-2-1-3-5-11;1-6-2-4-7(5-3-6)11(8,9)10/h1-10H,(H,17,18);2-5H,1H3,(H2,8,9,10). The summed E-state index contributed by atoms with van der Waals surface area (Å²) in [7, 11) is -3.52. The number of aromatic amines is 1. The molecule has 0 spiro atoms. The molecule has 148 valence electrons. The van der Waals surface area contributed by atoms with Crippen LogP contribution in [0.1, 0.15) is 5.56 Å². The number of nitrogens with zero attached hydrogens (tertiary/aromatic N) is 1. The number of aromatic nitrogens is 2. The molecular weight excluding hydrogens is 406 g/mol. The number of nitrogens with two attached hydrogens (primary N) is 1. The smallest absolute Gasteiger partial charge is 0.238 e. The van der Waals surface area contributed by atoms with Crippen molar-refractivity contribution in [3.63, 3.8) is 0 Å². The van der Waals surface area contributed by atoms with Crippen LogP contribution in [0.4, 0.5) is 0 Å². The summed E-state index contributed by atoms with van der Waals surface area (Å²) in [5, 5.41) is 13.0. The van der Waals surface area contributed by atoms with Gasteiger partial charge in [-0.3, -0.25) is 5.10 Å². The van der Waals surface area contributed by atoms with Crippen molar-refractivity contribution in [3.8, 4) is 22.5 Å². The van der Waals surface area contributed by atoms with Crippen LogP contribution in [0.3, 0.4) is 0 Å². The number of benzene rings is 3. The van der Waals surface area contributed by atoms with Gasteiger partial charge >= 0.3 is 0 Å². The Bertz CT molecular complexity index is 1170. The van der Waals surface area contributed by atoms with Gasteiger partial charge in [-0.15, -0.1) is 0 Å². The highest BCUT2D eigenvalue weighted by Gasteiger charge is 2.06. The minimum absolute atomic E-state index is 0.156. The maximum atomic E-state index is 10.7. The van der Waals surface area contributed by atoms with Crippen LogP contribution in [0, 0.1) is 6.92 Å². The summed E-state index contributed by atoms with van der Waals surface area (Å²) in [6.07, 6.45) is 0. The predicted molar refractivity (Wildman–Crippen MR) is 117 cm³/mol. The second-order valence-electron chi connectivity index (χ2n) is 6.40. The number of halogens is 1. The number of nitrogens with one attached hydrogen (secondary N) is 1. The Morgan fingerprint density at radius 3 is 2.07 bits per heavy atom. The first-order chi connectivity index (χ1) is 13.8. The minimum Gasteiger partial charge on any atom is -0.277 e. The summed E-state index contributed by atoms with van der Waals surface area (Å²) in [5.41, 5.74) is 5.13. The lowest BCUT2D eigenvalue weighted by Gasteiger charge is -1.96. The van der Waals surface area contributed by atoms with Gasteiger partial charge in [-0.1, -0.05) is 71.8 Å². The summed E-state index contributed by atoms with van der Waals surface area (Å²) >= 11 is 5.87. The predicted octanol–water partition coefficient (Wildman–Crippen LogP) is 5.04. The number of sulfonamides is 1. The molecule has 0 unspecified atom stereocenters. The molecule has 0 aliphatic carbocycles. The molecule has 1 aromatic heterocycles. The maximum Gasteiger partial charge on any atom is 0.238 e. The van der Waals surface area contributed by atoms with Crippen molar-refractivity contribution in [2.45, 2.75) is 11.8 Å². The van der Waals surface area contributed by atoms with Gasteiger partial charge in [0.25, 0.3) is 0 Å². The van der Waals surface area contributed by atoms with E-state index >= 15 is 0 Å². The molecule has 3 N–H and O–H groups in total. The Kier molecular flexibility index (Phi) is 6.49. The summed E-state index contributed by atoms with van der Waals surface area (Å²) in [5.74, 6) is 0. The van der Waals surface area contributed by atoms with Gasteiger partial charge in [0.1, 0.15) is 0 Å². The molecule has 0 radical (unpaired) electrons. The molecule has 1 heterocycles. The zero-order valence-electron chi connectivity index (χ0n) is 15.7. The number of rotatable bonds is 3. The molecule has 0 aliphatic heterocycles. The number of H-pyrrole nitrogens is 1. The lowest BCUT2D eigenvalue weighted by atomic mass is 10.1. The number of primary sulfonamides is 1. The molecule has 0 saturated carbocycles. The fourth-order valence-corrected chi connectivity index (χ4v) is 3.23. The summed E-state index contributed by atoms with van der Waals surface area (Å²) in [6.45, 7) is 1.88. The van der Waals surface area contributed by atoms with Crippen LogP contribution in [0.2, 0.25) is 5.02 Å². The van der Waals surface area contributed by atoms with Crippen LogP contribution in [-0.4, -0.2) is 18.6 Å². The molecular formula is C22H20ClN3O2S. The molecule has 0 saturated heterocycles. The van der Waals surface area contributed by atoms with E-state index in [0.717, 1.165) is 33.1 Å². The zero-order valence-corrected chi connectivity index (χ0v) is 17.3. The molecule has 0 fully saturated rings. The van der Waals surface area contributed by atoms with Crippen molar-refractivity contribution < 1.29 is 8.42 Å². The zero-order chi connectivity index (χ0) is 20.9. The van der Waals surface area contributed by atoms with E-state index in [2.05, 4.69) is 10.2 Å². The monoisotopic (exact) mass is 425 g/mol. The van der Waals surface area contributed by atoms with Gasteiger partial charge in [0.05, 0.1) is 16.3 Å². The average Bonchev–Trinajstić information content (AvgIpc) is 3.20. The highest BCUT2D eigenvalue weighted by atomic mass is 35.5. The normalized spacial score (nSPS) is 10.9. The van der Waals surface area contributed by atoms with Crippen LogP contribution >= 0.6 is 11.6 Å². The molecule has 4 rings (SSSR count). The van der Waals surface area contributed by atoms with Gasteiger partial charge in [-0.05, 0) is 42.8 Å². The van der Waals surface area contributed by atoms with Gasteiger partial charge < -0.3 is 0 Å². The van der Waals surface area contributed by atoms with Gasteiger partial charge in [0, 0.05) is 10.6 Å². The number of hydrogen-bond donors (Lipinski definition) is 2. The Labute approximate surface area is 175 Å². The van der Waals surface area contributed by atoms with Gasteiger partial charge in [-0.25, -0.2) is 13.6 Å². The summed E-state index contributed by atoms with van der Waals surface area (Å²) in [6, 6.07) is 26.2. The van der Waals surface area contributed by atoms with Crippen molar-refractivity contribution in [1.29, 1.82) is 0 Å². The molecule has 0 bridgehead atoms. The molecule has 29 heavy (non-hydrogen) atoms. The second kappa shape index (κ2) is 9.05. The Balaban J connectivity index is 0.000000188. The maximum absolute atomic E-state index is 10.7. The van der Waals surface area contributed by atoms with Crippen LogP contribution < -0.4 is 5.14 Å². The average molecular weight is 426 g/mol. The van der Waals surface area contributed by atoms with E-state index in [1.54, 1.807) is 12.1 Å². The van der Waals surface area contributed by atoms with E-state index in [1.807, 2.05) is 67.6 Å². The first-order valence-electron chi connectivity index (χ1n) is 8.79. The third-order valence-corrected chi connectivity index (χ3v) is 5.33. The van der Waals surface area contributed by atoms with E-state index in [4.69, 9.17) is 16.7 Å². The van der Waals surface area contributed by atoms with Crippen LogP contribution in [0.25, 0.3) is 22.5 Å². The quantitative estimate of drug-likeness (QED) is 0.481. The number of hydrogen-bond acceptors (Lipinski definition) is 3. The third-order valence-electron chi connectivity index (χ3n) is 4.15. The van der Waals surface area contributed by atoms with Crippen LogP contribution in [0.15, 0.2) is 89.8 Å². The lowest BCUT2D eigenvalue weighted by molar-refractivity contribution is 0.598. The molecule has 3 aromatic carbocycles. The van der Waals surface area contributed by atoms with Gasteiger partial charge in [0.15, 0.2) is 0 Å². The van der Waals surface area contributed by atoms with Gasteiger partial charge in [-0.2, -0.15) is 5.10 Å². The highest BCUT2D eigenvalue weighted by Crippen LogP contribution is 2.24. The Morgan fingerprint density at radius 2 is 1.48 bits per heavy atom. The van der Waals surface area contributed by atoms with Crippen LogP contribution in [-0.2, 0) is 10.0 Å². The second-order valence-corrected chi connectivity index (χ2v) is 8.40. The molecule has 0 atom stereocenters. The first-order valence-corrected chi connectivity index (χ1v) is 10.7. The van der Waals surface area contributed by atoms with Crippen molar-refractivity contribution in [3.05, 3.63) is 95.5 Å². The summed E-state index contributed by atoms with van der Waals surface area (Å²) < 4.78 is 21.4. The lowest BCUT2D eigenvalue weighted by Crippen LogP contribution is -2.11. The number of aryl methyl sites for hydroxylation is 1. The van der Waals surface area contributed by atoms with Crippen molar-refractivity contribution in [2.75, 3.05) is 0 Å². The SMILES string of the molecule is Cc1ccc(S(N)(=O)=O)cc1.Clc1ccc(-c2cc(-c3ccccc3)n[nH]2)cc1. The van der Waals surface area contributed by atoms with Crippen LogP contribution in [0.5, 0.6) is 0 Å². The van der Waals surface area contributed by atoms with Crippen molar-refractivity contribution in [1.82, 2.24) is 10.2 Å². The van der Waals surface area contributed by atoms with Crippen molar-refractivity contribution >= 4 is 21.6 Å². The minimum atomic E-state index is -3.52. The van der Waals surface area contributed by atoms with E-state index in [1.165, 1.54) is 12.1 Å². The fourth-order valence-electron chi connectivity index (χ4n) is 2.58. The van der Waals surface area contributed by atoms with Gasteiger partial charge in [0.2, 0.25) is 10.0 Å². The topological polar surface area (TPSA) is 88.8 Å². The molecule has 7 heteroatoms. The molecule has 4 aromatic rings. The first kappa shape index (κ1) is 20.8. The Morgan fingerprint density at radius 1 is 0.862 bits per heavy atom. The van der Waals surface area contributed by atoms with E-state index < -0.39 is 10.0 Å². The largest absolute Gasteiger partial charge is 0.277 e. The van der Waals surface area contributed by atoms with Crippen molar-refractivity contribution in [2.24, 2.45) is 5.14 Å². The molecule has 5 nitrogen and oxygen atoms in total. The van der Waals surface area contributed by atoms with E-state index in [0.29, 0.717) is 0 Å².